The first-order valence-electron chi connectivity index (χ1n) is 13.8. The van der Waals surface area contributed by atoms with E-state index < -0.39 is 23.9 Å². The van der Waals surface area contributed by atoms with Crippen molar-refractivity contribution in [3.8, 4) is 0 Å². The zero-order valence-electron chi connectivity index (χ0n) is 24.4. The summed E-state index contributed by atoms with van der Waals surface area (Å²) in [5.41, 5.74) is 2.76. The van der Waals surface area contributed by atoms with Crippen LogP contribution < -0.4 is 0 Å². The number of thioether (sulfide) groups is 1. The highest BCUT2D eigenvalue weighted by molar-refractivity contribution is 8.05. The molecule has 11 heteroatoms. The van der Waals surface area contributed by atoms with Crippen LogP contribution in [0.3, 0.4) is 0 Å². The van der Waals surface area contributed by atoms with Gasteiger partial charge in [0.2, 0.25) is 0 Å². The van der Waals surface area contributed by atoms with Crippen LogP contribution >= 0.6 is 11.8 Å². The highest BCUT2D eigenvalue weighted by atomic mass is 32.2. The van der Waals surface area contributed by atoms with Crippen LogP contribution in [0.2, 0.25) is 0 Å². The summed E-state index contributed by atoms with van der Waals surface area (Å²) in [4.78, 5) is 57.7. The minimum atomic E-state index is -0.744. The molecule has 3 heterocycles. The Labute approximate surface area is 250 Å². The topological polar surface area (TPSA) is 112 Å². The second-order valence-corrected chi connectivity index (χ2v) is 10.7. The molecule has 0 aromatic carbocycles. The number of likely N-dealkylation sites (tertiary alicyclic amines) is 2. The molecule has 0 N–H and O–H groups in total. The average Bonchev–Trinajstić information content (AvgIpc) is 3.69. The lowest BCUT2D eigenvalue weighted by Gasteiger charge is -2.31. The molecule has 3 aliphatic heterocycles. The van der Waals surface area contributed by atoms with E-state index in [-0.39, 0.29) is 22.3 Å². The molecule has 224 valence electrons. The van der Waals surface area contributed by atoms with E-state index in [1.807, 2.05) is 24.3 Å². The van der Waals surface area contributed by atoms with E-state index in [9.17, 15) is 19.2 Å². The van der Waals surface area contributed by atoms with Gasteiger partial charge < -0.3 is 28.7 Å². The number of allylic oxidation sites excluding steroid dienone is 6. The molecule has 1 aliphatic carbocycles. The van der Waals surface area contributed by atoms with E-state index in [1.54, 1.807) is 0 Å². The summed E-state index contributed by atoms with van der Waals surface area (Å²) in [6, 6.07) is 0. The molecule has 2 fully saturated rings. The predicted molar refractivity (Wildman–Crippen MR) is 157 cm³/mol. The number of fused-ring (bicyclic) bond motifs is 2. The second kappa shape index (κ2) is 14.3. The van der Waals surface area contributed by atoms with E-state index in [4.69, 9.17) is 18.9 Å². The first-order valence-corrected chi connectivity index (χ1v) is 14.8. The molecule has 4 aliphatic rings. The smallest absolute Gasteiger partial charge is 0.340 e. The predicted octanol–water partition coefficient (Wildman–Crippen LogP) is 3.71. The van der Waals surface area contributed by atoms with E-state index in [0.29, 0.717) is 44.0 Å². The van der Waals surface area contributed by atoms with Crippen LogP contribution in [0.5, 0.6) is 0 Å². The average molecular weight is 597 g/mol. The number of hydrogen-bond acceptors (Lipinski definition) is 11. The van der Waals surface area contributed by atoms with Crippen LogP contribution in [-0.2, 0) is 38.1 Å². The van der Waals surface area contributed by atoms with Crippen LogP contribution in [0.15, 0.2) is 80.0 Å². The van der Waals surface area contributed by atoms with Crippen molar-refractivity contribution in [1.29, 1.82) is 0 Å². The fourth-order valence-corrected chi connectivity index (χ4v) is 6.37. The number of nitrogens with zero attached hydrogens (tertiary/aromatic N) is 2. The molecule has 0 amide bonds. The third-order valence-electron chi connectivity index (χ3n) is 7.51. The summed E-state index contributed by atoms with van der Waals surface area (Å²) in [7, 11) is 5.01. The van der Waals surface area contributed by atoms with Gasteiger partial charge in [-0.3, -0.25) is 0 Å². The Balaban J connectivity index is 2.13. The van der Waals surface area contributed by atoms with Gasteiger partial charge in [-0.25, -0.2) is 19.2 Å². The molecule has 0 aromatic heterocycles. The summed E-state index contributed by atoms with van der Waals surface area (Å²) >= 11 is 0.956. The van der Waals surface area contributed by atoms with Gasteiger partial charge in [-0.05, 0) is 47.6 Å². The van der Waals surface area contributed by atoms with Gasteiger partial charge in [0.25, 0.3) is 0 Å². The largest absolute Gasteiger partial charge is 0.465 e. The maximum Gasteiger partial charge on any atom is 0.340 e. The Hall–Kier alpha value is -3.99. The maximum atomic E-state index is 13.5. The number of esters is 4. The summed E-state index contributed by atoms with van der Waals surface area (Å²) in [5.74, 6) is -2.86. The van der Waals surface area contributed by atoms with Gasteiger partial charge in [0.1, 0.15) is 0 Å². The Morgan fingerprint density at radius 2 is 0.952 bits per heavy atom. The number of methoxy groups -OCH3 is 4. The quantitative estimate of drug-likeness (QED) is 0.331. The minimum Gasteiger partial charge on any atom is -0.465 e. The normalized spacial score (nSPS) is 25.4. The number of carbonyl (C=O) groups is 4. The van der Waals surface area contributed by atoms with Crippen molar-refractivity contribution in [2.75, 3.05) is 54.6 Å². The monoisotopic (exact) mass is 596 g/mol. The van der Waals surface area contributed by atoms with Gasteiger partial charge >= 0.3 is 23.9 Å². The Morgan fingerprint density at radius 1 is 0.595 bits per heavy atom. The molecule has 0 aromatic rings. The zero-order valence-corrected chi connectivity index (χ0v) is 25.2. The fraction of sp³-hybridized carbons (Fsp3) is 0.419. The van der Waals surface area contributed by atoms with Crippen molar-refractivity contribution in [3.63, 3.8) is 0 Å². The highest BCUT2D eigenvalue weighted by Crippen LogP contribution is 2.40. The summed E-state index contributed by atoms with van der Waals surface area (Å²) < 4.78 is 20.7. The van der Waals surface area contributed by atoms with Gasteiger partial charge in [-0.15, -0.1) is 11.8 Å². The standard InChI is InChI=1S/C31H36N2O8S/c1-38-28(34)22-18-42-19-23(29(35)39-2)25(31(37)41-4)27(33-15-9-10-16-33)21-12-6-5-11-20(17-21)26(24(22)30(36)40-3)32-13-7-8-14-32/h5-6,11-12,18-19H,7-10,13-17H2,1-4H3/b22-18+,23-19+,26-24-,27-25-. The molecular weight excluding hydrogens is 560 g/mol. The van der Waals surface area contributed by atoms with Gasteiger partial charge in [-0.1, -0.05) is 24.3 Å². The molecule has 0 radical (unpaired) electrons. The summed E-state index contributed by atoms with van der Waals surface area (Å²) in [5, 5.41) is 2.87. The van der Waals surface area contributed by atoms with Crippen LogP contribution in [0.25, 0.3) is 0 Å². The number of carbonyl (C=O) groups excluding carboxylic acids is 4. The zero-order chi connectivity index (χ0) is 30.2. The van der Waals surface area contributed by atoms with Crippen molar-refractivity contribution in [1.82, 2.24) is 9.80 Å². The van der Waals surface area contributed by atoms with Crippen LogP contribution in [-0.4, -0.2) is 88.3 Å². The third kappa shape index (κ3) is 6.41. The molecule has 0 atom stereocenters. The lowest BCUT2D eigenvalue weighted by Crippen LogP contribution is -2.29. The Morgan fingerprint density at radius 3 is 1.29 bits per heavy atom. The molecule has 0 spiro atoms. The Bertz CT molecular complexity index is 1250. The first-order chi connectivity index (χ1) is 20.4. The molecule has 0 unspecified atom stereocenters. The third-order valence-corrected chi connectivity index (χ3v) is 8.26. The highest BCUT2D eigenvalue weighted by Gasteiger charge is 2.36. The molecule has 42 heavy (non-hydrogen) atoms. The van der Waals surface area contributed by atoms with Gasteiger partial charge in [0.15, 0.2) is 0 Å². The summed E-state index contributed by atoms with van der Waals surface area (Å²) in [6.07, 6.45) is 11.5. The van der Waals surface area contributed by atoms with Crippen LogP contribution in [0.4, 0.5) is 0 Å². The lowest BCUT2D eigenvalue weighted by molar-refractivity contribution is -0.139. The van der Waals surface area contributed by atoms with Gasteiger partial charge in [0.05, 0.1) is 62.1 Å². The van der Waals surface area contributed by atoms with E-state index in [1.165, 1.54) is 39.3 Å². The molecule has 0 saturated carbocycles. The van der Waals surface area contributed by atoms with Gasteiger partial charge in [-0.2, -0.15) is 0 Å². The van der Waals surface area contributed by atoms with E-state index in [0.717, 1.165) is 48.6 Å². The maximum absolute atomic E-state index is 13.5. The summed E-state index contributed by atoms with van der Waals surface area (Å²) in [6.45, 7) is 2.75. The van der Waals surface area contributed by atoms with Crippen molar-refractivity contribution >= 4 is 35.6 Å². The molecule has 2 saturated heterocycles. The number of hydrogen-bond donors (Lipinski definition) is 0. The SMILES string of the molecule is COC(=O)C1=C(\N2CCCC2)C2=CC=CC=C(C2)/C(N2CCCC2)=C(C(=O)OC)\C(C(=O)OC)=C/S/C=C\1C(=O)OC. The molecule has 2 bridgehead atoms. The number of rotatable bonds is 6. The van der Waals surface area contributed by atoms with Crippen LogP contribution in [0.1, 0.15) is 32.1 Å². The van der Waals surface area contributed by atoms with Gasteiger partial charge in [0, 0.05) is 32.6 Å². The van der Waals surface area contributed by atoms with E-state index >= 15 is 0 Å². The van der Waals surface area contributed by atoms with Crippen molar-refractivity contribution in [2.24, 2.45) is 0 Å². The minimum absolute atomic E-state index is 0.0275. The molecule has 4 rings (SSSR count). The van der Waals surface area contributed by atoms with Crippen molar-refractivity contribution in [2.45, 2.75) is 32.1 Å². The lowest BCUT2D eigenvalue weighted by atomic mass is 9.91. The molecule has 10 nitrogen and oxygen atoms in total. The Kier molecular flexibility index (Phi) is 10.5. The van der Waals surface area contributed by atoms with Crippen molar-refractivity contribution < 1.29 is 38.1 Å². The number of ether oxygens (including phenoxy) is 4. The van der Waals surface area contributed by atoms with Crippen LogP contribution in [0, 0.1) is 0 Å². The first kappa shape index (κ1) is 31.0. The molecular formula is C31H36N2O8S. The van der Waals surface area contributed by atoms with E-state index in [2.05, 4.69) is 9.80 Å². The van der Waals surface area contributed by atoms with Crippen molar-refractivity contribution in [3.05, 3.63) is 80.0 Å². The fourth-order valence-electron chi connectivity index (χ4n) is 5.60. The second-order valence-electron chi connectivity index (χ2n) is 9.95.